The zero-order chi connectivity index (χ0) is 18.1. The molecule has 128 valence electrons. The largest absolute Gasteiger partial charge is 0.497 e. The molecular formula is C21H15FN2O2. The number of rotatable bonds is 3. The molecule has 0 bridgehead atoms. The maximum atomic E-state index is 13.3. The topological polar surface area (TPSA) is 44.1 Å². The average molecular weight is 346 g/mol. The van der Waals surface area contributed by atoms with Gasteiger partial charge in [-0.2, -0.15) is 0 Å². The summed E-state index contributed by atoms with van der Waals surface area (Å²) < 4.78 is 20.0. The standard InChI is InChI=1S/C21H15FN2O2/c1-26-17-12-6-14(7-13-17)20-23-19-5-3-2-4-18(19)21(25)24(20)16-10-8-15(22)9-11-16/h2-13H,1H3. The van der Waals surface area contributed by atoms with Crippen molar-refractivity contribution in [3.63, 3.8) is 0 Å². The van der Waals surface area contributed by atoms with Crippen LogP contribution in [0.2, 0.25) is 0 Å². The van der Waals surface area contributed by atoms with Crippen molar-refractivity contribution in [3.8, 4) is 22.8 Å². The molecule has 0 fully saturated rings. The SMILES string of the molecule is COc1ccc(-c2nc3ccccc3c(=O)n2-c2ccc(F)cc2)cc1. The first-order chi connectivity index (χ1) is 12.7. The molecule has 0 radical (unpaired) electrons. The number of methoxy groups -OCH3 is 1. The second-order valence-electron chi connectivity index (χ2n) is 5.80. The highest BCUT2D eigenvalue weighted by molar-refractivity contribution is 5.80. The van der Waals surface area contributed by atoms with E-state index >= 15 is 0 Å². The third-order valence-corrected chi connectivity index (χ3v) is 4.21. The van der Waals surface area contributed by atoms with E-state index in [1.165, 1.54) is 16.7 Å². The summed E-state index contributed by atoms with van der Waals surface area (Å²) in [6.07, 6.45) is 0. The second kappa shape index (κ2) is 6.44. The van der Waals surface area contributed by atoms with E-state index < -0.39 is 0 Å². The first-order valence-electron chi connectivity index (χ1n) is 8.09. The van der Waals surface area contributed by atoms with Crippen molar-refractivity contribution in [2.24, 2.45) is 0 Å². The molecule has 1 heterocycles. The molecule has 0 saturated carbocycles. The van der Waals surface area contributed by atoms with Crippen LogP contribution in [-0.2, 0) is 0 Å². The normalized spacial score (nSPS) is 10.8. The number of ether oxygens (including phenoxy) is 1. The fraction of sp³-hybridized carbons (Fsp3) is 0.0476. The Kier molecular flexibility index (Phi) is 3.97. The van der Waals surface area contributed by atoms with Crippen molar-refractivity contribution in [1.29, 1.82) is 0 Å². The van der Waals surface area contributed by atoms with E-state index in [-0.39, 0.29) is 11.4 Å². The summed E-state index contributed by atoms with van der Waals surface area (Å²) in [7, 11) is 1.59. The van der Waals surface area contributed by atoms with Gasteiger partial charge in [-0.25, -0.2) is 9.37 Å². The van der Waals surface area contributed by atoms with Gasteiger partial charge in [-0.1, -0.05) is 12.1 Å². The summed E-state index contributed by atoms with van der Waals surface area (Å²) in [5, 5.41) is 0.508. The molecule has 0 atom stereocenters. The average Bonchev–Trinajstić information content (AvgIpc) is 2.69. The second-order valence-corrected chi connectivity index (χ2v) is 5.80. The first-order valence-corrected chi connectivity index (χ1v) is 8.09. The van der Waals surface area contributed by atoms with E-state index in [1.807, 2.05) is 30.3 Å². The minimum atomic E-state index is -0.360. The zero-order valence-electron chi connectivity index (χ0n) is 14.0. The molecule has 0 aliphatic rings. The minimum Gasteiger partial charge on any atom is -0.497 e. The number of aromatic nitrogens is 2. The molecule has 0 N–H and O–H groups in total. The van der Waals surface area contributed by atoms with Gasteiger partial charge in [0.15, 0.2) is 0 Å². The van der Waals surface area contributed by atoms with Gasteiger partial charge in [-0.3, -0.25) is 9.36 Å². The lowest BCUT2D eigenvalue weighted by Crippen LogP contribution is -2.22. The van der Waals surface area contributed by atoms with Crippen molar-refractivity contribution in [3.05, 3.63) is 89.0 Å². The van der Waals surface area contributed by atoms with Crippen LogP contribution in [0.1, 0.15) is 0 Å². The van der Waals surface area contributed by atoms with Crippen molar-refractivity contribution in [2.75, 3.05) is 7.11 Å². The van der Waals surface area contributed by atoms with Crippen LogP contribution in [0.25, 0.3) is 28.0 Å². The number of nitrogens with zero attached hydrogens (tertiary/aromatic N) is 2. The fourth-order valence-electron chi connectivity index (χ4n) is 2.90. The Morgan fingerprint density at radius 1 is 0.923 bits per heavy atom. The summed E-state index contributed by atoms with van der Waals surface area (Å²) in [4.78, 5) is 17.8. The molecule has 4 aromatic rings. The van der Waals surface area contributed by atoms with Gasteiger partial charge in [0.05, 0.1) is 23.7 Å². The lowest BCUT2D eigenvalue weighted by molar-refractivity contribution is 0.415. The van der Waals surface area contributed by atoms with Gasteiger partial charge in [-0.05, 0) is 60.7 Å². The number of benzene rings is 3. The summed E-state index contributed by atoms with van der Waals surface area (Å²) >= 11 is 0. The quantitative estimate of drug-likeness (QED) is 0.558. The van der Waals surface area contributed by atoms with Crippen LogP contribution in [0.15, 0.2) is 77.6 Å². The van der Waals surface area contributed by atoms with Gasteiger partial charge in [0.25, 0.3) is 5.56 Å². The first kappa shape index (κ1) is 16.0. The minimum absolute atomic E-state index is 0.201. The molecule has 0 amide bonds. The van der Waals surface area contributed by atoms with Gasteiger partial charge in [-0.15, -0.1) is 0 Å². The molecule has 0 saturated heterocycles. The molecule has 4 rings (SSSR count). The summed E-state index contributed by atoms with van der Waals surface area (Å²) in [5.74, 6) is 0.842. The molecule has 5 heteroatoms. The molecule has 0 aliphatic carbocycles. The van der Waals surface area contributed by atoms with Gasteiger partial charge in [0.2, 0.25) is 0 Å². The lowest BCUT2D eigenvalue weighted by Gasteiger charge is -2.14. The van der Waals surface area contributed by atoms with E-state index in [0.717, 1.165) is 5.56 Å². The molecular weight excluding hydrogens is 331 g/mol. The van der Waals surface area contributed by atoms with Gasteiger partial charge in [0.1, 0.15) is 17.4 Å². The molecule has 0 spiro atoms. The van der Waals surface area contributed by atoms with Crippen LogP contribution >= 0.6 is 0 Å². The Morgan fingerprint density at radius 3 is 2.31 bits per heavy atom. The van der Waals surface area contributed by atoms with E-state index in [1.54, 1.807) is 37.4 Å². The number of halogens is 1. The van der Waals surface area contributed by atoms with Crippen LogP contribution in [-0.4, -0.2) is 16.7 Å². The number of para-hydroxylation sites is 1. The van der Waals surface area contributed by atoms with Crippen molar-refractivity contribution in [2.45, 2.75) is 0 Å². The van der Waals surface area contributed by atoms with Crippen LogP contribution in [0.5, 0.6) is 5.75 Å². The smallest absolute Gasteiger partial charge is 0.266 e. The predicted molar refractivity (Wildman–Crippen MR) is 99.3 cm³/mol. The van der Waals surface area contributed by atoms with Crippen molar-refractivity contribution in [1.82, 2.24) is 9.55 Å². The summed E-state index contributed by atoms with van der Waals surface area (Å²) in [5.41, 5.74) is 1.73. The molecule has 26 heavy (non-hydrogen) atoms. The summed E-state index contributed by atoms with van der Waals surface area (Å²) in [6.45, 7) is 0. The predicted octanol–water partition coefficient (Wildman–Crippen LogP) is 4.20. The Hall–Kier alpha value is -3.47. The molecule has 3 aromatic carbocycles. The molecule has 1 aromatic heterocycles. The van der Waals surface area contributed by atoms with Crippen LogP contribution in [0.4, 0.5) is 4.39 Å². The number of hydrogen-bond donors (Lipinski definition) is 0. The highest BCUT2D eigenvalue weighted by atomic mass is 19.1. The van der Waals surface area contributed by atoms with Gasteiger partial charge >= 0.3 is 0 Å². The van der Waals surface area contributed by atoms with Crippen molar-refractivity contribution < 1.29 is 9.13 Å². The number of fused-ring (bicyclic) bond motifs is 1. The highest BCUT2D eigenvalue weighted by Gasteiger charge is 2.14. The zero-order valence-corrected chi connectivity index (χ0v) is 14.0. The Labute approximate surface area is 149 Å². The molecule has 0 unspecified atom stereocenters. The van der Waals surface area contributed by atoms with Gasteiger partial charge < -0.3 is 4.74 Å². The Bertz CT molecular complexity index is 1130. The van der Waals surface area contributed by atoms with Crippen LogP contribution < -0.4 is 10.3 Å². The van der Waals surface area contributed by atoms with E-state index in [4.69, 9.17) is 4.74 Å². The van der Waals surface area contributed by atoms with E-state index in [0.29, 0.717) is 28.2 Å². The van der Waals surface area contributed by atoms with E-state index in [2.05, 4.69) is 4.98 Å². The number of hydrogen-bond acceptors (Lipinski definition) is 3. The Balaban J connectivity index is 2.04. The van der Waals surface area contributed by atoms with E-state index in [9.17, 15) is 9.18 Å². The maximum absolute atomic E-state index is 13.3. The van der Waals surface area contributed by atoms with Crippen LogP contribution in [0.3, 0.4) is 0 Å². The Morgan fingerprint density at radius 2 is 1.62 bits per heavy atom. The van der Waals surface area contributed by atoms with Gasteiger partial charge in [0, 0.05) is 5.56 Å². The lowest BCUT2D eigenvalue weighted by atomic mass is 10.1. The summed E-state index contributed by atoms with van der Waals surface area (Å²) in [6, 6.07) is 20.3. The van der Waals surface area contributed by atoms with Crippen molar-refractivity contribution >= 4 is 10.9 Å². The monoisotopic (exact) mass is 346 g/mol. The molecule has 0 aliphatic heterocycles. The fourth-order valence-corrected chi connectivity index (χ4v) is 2.90. The third-order valence-electron chi connectivity index (χ3n) is 4.21. The van der Waals surface area contributed by atoms with Crippen LogP contribution in [0, 0.1) is 5.82 Å². The molecule has 4 nitrogen and oxygen atoms in total. The third kappa shape index (κ3) is 2.73. The maximum Gasteiger partial charge on any atom is 0.266 e. The highest BCUT2D eigenvalue weighted by Crippen LogP contribution is 2.24.